The Hall–Kier alpha value is -1.70. The molecule has 1 fully saturated rings. The lowest BCUT2D eigenvalue weighted by atomic mass is 10.0. The fourth-order valence-corrected chi connectivity index (χ4v) is 1.70. The van der Waals surface area contributed by atoms with E-state index in [1.807, 2.05) is 0 Å². The summed E-state index contributed by atoms with van der Waals surface area (Å²) in [6.07, 6.45) is 1.59. The summed E-state index contributed by atoms with van der Waals surface area (Å²) in [7, 11) is 1.63. The molecule has 0 aromatic carbocycles. The minimum absolute atomic E-state index is 0.00135. The van der Waals surface area contributed by atoms with Gasteiger partial charge < -0.3 is 24.8 Å². The first-order valence-corrected chi connectivity index (χ1v) is 6.96. The summed E-state index contributed by atoms with van der Waals surface area (Å²) in [5.74, 6) is 1.23. The Morgan fingerprint density at radius 3 is 2.76 bits per heavy atom. The summed E-state index contributed by atoms with van der Waals surface area (Å²) in [6, 6.07) is 3.50. The van der Waals surface area contributed by atoms with Gasteiger partial charge in [0.1, 0.15) is 18.2 Å². The highest BCUT2D eigenvalue weighted by Gasteiger charge is 2.24. The zero-order valence-corrected chi connectivity index (χ0v) is 12.1. The first-order valence-electron chi connectivity index (χ1n) is 6.96. The third kappa shape index (κ3) is 5.30. The van der Waals surface area contributed by atoms with Crippen LogP contribution in [-0.2, 0) is 14.3 Å². The minimum Gasteiger partial charge on any atom is -0.490 e. The van der Waals surface area contributed by atoms with Gasteiger partial charge in [0.25, 0.3) is 0 Å². The number of aromatic nitrogens is 1. The highest BCUT2D eigenvalue weighted by molar-refractivity contribution is 5.92. The van der Waals surface area contributed by atoms with E-state index in [1.165, 1.54) is 0 Å². The van der Waals surface area contributed by atoms with Gasteiger partial charge in [-0.1, -0.05) is 0 Å². The van der Waals surface area contributed by atoms with Crippen molar-refractivity contribution in [3.63, 3.8) is 0 Å². The van der Waals surface area contributed by atoms with Crippen molar-refractivity contribution in [2.45, 2.75) is 0 Å². The molecule has 1 aromatic heterocycles. The molecule has 2 rings (SSSR count). The summed E-state index contributed by atoms with van der Waals surface area (Å²) in [4.78, 5) is 15.9. The molecule has 0 atom stereocenters. The molecule has 116 valence electrons. The second-order valence-corrected chi connectivity index (χ2v) is 4.68. The van der Waals surface area contributed by atoms with Crippen LogP contribution in [0.25, 0.3) is 0 Å². The van der Waals surface area contributed by atoms with Gasteiger partial charge in [0.2, 0.25) is 5.91 Å². The standard InChI is InChI=1S/C14H21N3O4/c1-19-4-5-20-6-7-21-12-2-3-13(16-10-12)17-14(18)11-8-15-9-11/h2-3,10-11,15H,4-9H2,1H3,(H,16,17,18). The van der Waals surface area contributed by atoms with Crippen molar-refractivity contribution < 1.29 is 19.0 Å². The summed E-state index contributed by atoms with van der Waals surface area (Å²) < 4.78 is 15.6. The molecule has 0 aliphatic carbocycles. The van der Waals surface area contributed by atoms with Gasteiger partial charge in [0.05, 0.1) is 31.9 Å². The largest absolute Gasteiger partial charge is 0.490 e. The summed E-state index contributed by atoms with van der Waals surface area (Å²) in [5, 5.41) is 5.83. The molecule has 21 heavy (non-hydrogen) atoms. The third-order valence-corrected chi connectivity index (χ3v) is 3.07. The average Bonchev–Trinajstić information content (AvgIpc) is 2.42. The third-order valence-electron chi connectivity index (χ3n) is 3.07. The van der Waals surface area contributed by atoms with E-state index >= 15 is 0 Å². The normalized spacial score (nSPS) is 14.5. The van der Waals surface area contributed by atoms with E-state index in [4.69, 9.17) is 14.2 Å². The molecule has 1 aliphatic rings. The highest BCUT2D eigenvalue weighted by Crippen LogP contribution is 2.13. The Balaban J connectivity index is 1.65. The second-order valence-electron chi connectivity index (χ2n) is 4.68. The Kier molecular flexibility index (Phi) is 6.39. The Morgan fingerprint density at radius 2 is 2.14 bits per heavy atom. The van der Waals surface area contributed by atoms with Crippen molar-refractivity contribution >= 4 is 11.7 Å². The molecule has 1 aliphatic heterocycles. The zero-order chi connectivity index (χ0) is 14.9. The fourth-order valence-electron chi connectivity index (χ4n) is 1.70. The number of carbonyl (C=O) groups excluding carboxylic acids is 1. The van der Waals surface area contributed by atoms with Crippen LogP contribution in [-0.4, -0.2) is 57.5 Å². The van der Waals surface area contributed by atoms with Crippen molar-refractivity contribution in [2.75, 3.05) is 51.9 Å². The van der Waals surface area contributed by atoms with Crippen LogP contribution < -0.4 is 15.4 Å². The molecular formula is C14H21N3O4. The van der Waals surface area contributed by atoms with Gasteiger partial charge in [-0.05, 0) is 12.1 Å². The monoisotopic (exact) mass is 295 g/mol. The molecule has 0 spiro atoms. The zero-order valence-electron chi connectivity index (χ0n) is 12.1. The van der Waals surface area contributed by atoms with Crippen molar-refractivity contribution in [3.05, 3.63) is 18.3 Å². The van der Waals surface area contributed by atoms with Gasteiger partial charge >= 0.3 is 0 Å². The Bertz CT molecular complexity index is 434. The molecule has 0 saturated carbocycles. The Labute approximate surface area is 124 Å². The predicted octanol–water partition coefficient (Wildman–Crippen LogP) is 0.281. The predicted molar refractivity (Wildman–Crippen MR) is 77.4 cm³/mol. The topological polar surface area (TPSA) is 81.7 Å². The lowest BCUT2D eigenvalue weighted by Crippen LogP contribution is -2.48. The molecule has 1 aromatic rings. The first kappa shape index (κ1) is 15.7. The summed E-state index contributed by atoms with van der Waals surface area (Å²) >= 11 is 0. The van der Waals surface area contributed by atoms with E-state index in [0.29, 0.717) is 38.0 Å². The number of nitrogens with zero attached hydrogens (tertiary/aromatic N) is 1. The van der Waals surface area contributed by atoms with Gasteiger partial charge in [-0.25, -0.2) is 4.98 Å². The van der Waals surface area contributed by atoms with Crippen LogP contribution in [0, 0.1) is 5.92 Å². The van der Waals surface area contributed by atoms with Crippen LogP contribution in [0.5, 0.6) is 5.75 Å². The number of hydrogen-bond donors (Lipinski definition) is 2. The van der Waals surface area contributed by atoms with Crippen LogP contribution in [0.3, 0.4) is 0 Å². The maximum atomic E-state index is 11.7. The first-order chi connectivity index (χ1) is 10.3. The number of ether oxygens (including phenoxy) is 3. The van der Waals surface area contributed by atoms with Crippen LogP contribution in [0.1, 0.15) is 0 Å². The average molecular weight is 295 g/mol. The van der Waals surface area contributed by atoms with Gasteiger partial charge in [-0.15, -0.1) is 0 Å². The molecule has 7 nitrogen and oxygen atoms in total. The number of carbonyl (C=O) groups is 1. The molecule has 0 unspecified atom stereocenters. The fraction of sp³-hybridized carbons (Fsp3) is 0.571. The number of nitrogens with one attached hydrogen (secondary N) is 2. The van der Waals surface area contributed by atoms with Crippen LogP contribution in [0.15, 0.2) is 18.3 Å². The molecule has 2 heterocycles. The van der Waals surface area contributed by atoms with E-state index in [2.05, 4.69) is 15.6 Å². The van der Waals surface area contributed by atoms with Gasteiger partial charge in [-0.3, -0.25) is 4.79 Å². The van der Waals surface area contributed by atoms with Gasteiger partial charge in [-0.2, -0.15) is 0 Å². The summed E-state index contributed by atoms with van der Waals surface area (Å²) in [5.41, 5.74) is 0. The van der Waals surface area contributed by atoms with Crippen molar-refractivity contribution in [1.29, 1.82) is 0 Å². The smallest absolute Gasteiger partial charge is 0.231 e. The van der Waals surface area contributed by atoms with E-state index in [1.54, 1.807) is 25.4 Å². The van der Waals surface area contributed by atoms with Crippen molar-refractivity contribution in [2.24, 2.45) is 5.92 Å². The molecule has 0 radical (unpaired) electrons. The second kappa shape index (κ2) is 8.56. The molecule has 1 amide bonds. The van der Waals surface area contributed by atoms with E-state index in [9.17, 15) is 4.79 Å². The number of methoxy groups -OCH3 is 1. The number of anilines is 1. The van der Waals surface area contributed by atoms with E-state index in [-0.39, 0.29) is 11.8 Å². The van der Waals surface area contributed by atoms with Gasteiger partial charge in [0, 0.05) is 20.2 Å². The van der Waals surface area contributed by atoms with E-state index < -0.39 is 0 Å². The lowest BCUT2D eigenvalue weighted by Gasteiger charge is -2.25. The number of rotatable bonds is 9. The van der Waals surface area contributed by atoms with E-state index in [0.717, 1.165) is 13.1 Å². The summed E-state index contributed by atoms with van der Waals surface area (Å²) in [6.45, 7) is 3.54. The van der Waals surface area contributed by atoms with Crippen molar-refractivity contribution in [1.82, 2.24) is 10.3 Å². The Morgan fingerprint density at radius 1 is 1.33 bits per heavy atom. The molecule has 1 saturated heterocycles. The number of pyridine rings is 1. The lowest BCUT2D eigenvalue weighted by molar-refractivity contribution is -0.121. The number of amides is 1. The molecular weight excluding hydrogens is 274 g/mol. The maximum Gasteiger partial charge on any atom is 0.231 e. The molecule has 2 N–H and O–H groups in total. The van der Waals surface area contributed by atoms with Crippen LogP contribution in [0.4, 0.5) is 5.82 Å². The quantitative estimate of drug-likeness (QED) is 0.637. The number of hydrogen-bond acceptors (Lipinski definition) is 6. The van der Waals surface area contributed by atoms with Crippen LogP contribution in [0.2, 0.25) is 0 Å². The highest BCUT2D eigenvalue weighted by atomic mass is 16.5. The maximum absolute atomic E-state index is 11.7. The SMILES string of the molecule is COCCOCCOc1ccc(NC(=O)C2CNC2)nc1. The van der Waals surface area contributed by atoms with Crippen molar-refractivity contribution in [3.8, 4) is 5.75 Å². The van der Waals surface area contributed by atoms with Gasteiger partial charge in [0.15, 0.2) is 0 Å². The minimum atomic E-state index is 0.00135. The molecule has 7 heteroatoms. The van der Waals surface area contributed by atoms with Crippen LogP contribution >= 0.6 is 0 Å². The molecule has 0 bridgehead atoms.